The van der Waals surface area contributed by atoms with E-state index in [1.165, 1.54) is 23.1 Å². The van der Waals surface area contributed by atoms with E-state index in [-0.39, 0.29) is 11.7 Å². The van der Waals surface area contributed by atoms with Crippen LogP contribution in [0.4, 0.5) is 5.69 Å². The third kappa shape index (κ3) is 4.56. The molecule has 5 nitrogen and oxygen atoms in total. The lowest BCUT2D eigenvalue weighted by atomic mass is 10.3. The fourth-order valence-corrected chi connectivity index (χ4v) is 3.54. The number of carbonyl (C=O) groups is 1. The van der Waals surface area contributed by atoms with E-state index in [0.717, 1.165) is 15.1 Å². The van der Waals surface area contributed by atoms with Crippen molar-refractivity contribution in [2.75, 3.05) is 11.1 Å². The van der Waals surface area contributed by atoms with E-state index in [9.17, 15) is 4.79 Å². The number of amides is 1. The van der Waals surface area contributed by atoms with E-state index in [1.807, 2.05) is 61.5 Å². The van der Waals surface area contributed by atoms with Gasteiger partial charge < -0.3 is 10.1 Å². The molecule has 0 aliphatic rings. The highest BCUT2D eigenvalue weighted by Crippen LogP contribution is 2.29. The van der Waals surface area contributed by atoms with Crippen LogP contribution in [0.25, 0.3) is 0 Å². The van der Waals surface area contributed by atoms with Crippen LogP contribution in [0.5, 0.6) is 11.5 Å². The number of aromatic nitrogens is 2. The molecule has 3 rings (SSSR count). The quantitative estimate of drug-likeness (QED) is 0.664. The van der Waals surface area contributed by atoms with E-state index in [2.05, 4.69) is 15.5 Å². The lowest BCUT2D eigenvalue weighted by molar-refractivity contribution is -0.113. The van der Waals surface area contributed by atoms with Gasteiger partial charge in [-0.25, -0.2) is 0 Å². The first-order chi connectivity index (χ1) is 11.7. The van der Waals surface area contributed by atoms with Crippen LogP contribution in [0.3, 0.4) is 0 Å². The molecule has 24 heavy (non-hydrogen) atoms. The molecule has 0 saturated carbocycles. The summed E-state index contributed by atoms with van der Waals surface area (Å²) in [5, 5.41) is 11.7. The molecule has 3 aromatic rings. The van der Waals surface area contributed by atoms with E-state index in [4.69, 9.17) is 4.74 Å². The van der Waals surface area contributed by atoms with Gasteiger partial charge in [-0.3, -0.25) is 4.79 Å². The zero-order valence-electron chi connectivity index (χ0n) is 12.9. The predicted molar refractivity (Wildman–Crippen MR) is 97.0 cm³/mol. The summed E-state index contributed by atoms with van der Waals surface area (Å²) in [4.78, 5) is 12.2. The number of carbonyl (C=O) groups excluding carboxylic acids is 1. The molecule has 0 fully saturated rings. The van der Waals surface area contributed by atoms with Gasteiger partial charge in [0.2, 0.25) is 5.91 Å². The Morgan fingerprint density at radius 3 is 2.62 bits per heavy atom. The minimum absolute atomic E-state index is 0.114. The number of hydrogen-bond donors (Lipinski definition) is 1. The molecule has 0 radical (unpaired) electrons. The largest absolute Gasteiger partial charge is 0.455 e. The summed E-state index contributed by atoms with van der Waals surface area (Å²) in [6, 6.07) is 16.8. The molecule has 1 aromatic heterocycles. The van der Waals surface area contributed by atoms with Crippen molar-refractivity contribution < 1.29 is 9.53 Å². The molecule has 0 bridgehead atoms. The summed E-state index contributed by atoms with van der Waals surface area (Å²) in [5.41, 5.74) is 0.639. The smallest absolute Gasteiger partial charge is 0.234 e. The van der Waals surface area contributed by atoms with Crippen molar-refractivity contribution in [1.82, 2.24) is 10.2 Å². The van der Waals surface area contributed by atoms with Gasteiger partial charge in [0.05, 0.1) is 11.4 Å². The van der Waals surface area contributed by atoms with Gasteiger partial charge in [-0.1, -0.05) is 53.4 Å². The average molecular weight is 357 g/mol. The minimum Gasteiger partial charge on any atom is -0.455 e. The molecule has 1 N–H and O–H groups in total. The molecule has 1 heterocycles. The fourth-order valence-electron chi connectivity index (χ4n) is 1.92. The Kier molecular flexibility index (Phi) is 5.45. The molecule has 122 valence electrons. The van der Waals surface area contributed by atoms with E-state index >= 15 is 0 Å². The van der Waals surface area contributed by atoms with Gasteiger partial charge in [-0.05, 0) is 31.2 Å². The van der Waals surface area contributed by atoms with Crippen molar-refractivity contribution in [2.45, 2.75) is 11.3 Å². The molecule has 0 atom stereocenters. The number of hydrogen-bond acceptors (Lipinski definition) is 6. The van der Waals surface area contributed by atoms with Crippen LogP contribution in [0.2, 0.25) is 0 Å². The molecular weight excluding hydrogens is 342 g/mol. The molecule has 2 aromatic carbocycles. The summed E-state index contributed by atoms with van der Waals surface area (Å²) in [7, 11) is 0. The Balaban J connectivity index is 1.63. The summed E-state index contributed by atoms with van der Waals surface area (Å²) < 4.78 is 6.62. The summed E-state index contributed by atoms with van der Waals surface area (Å²) in [6.45, 7) is 1.89. The maximum atomic E-state index is 12.2. The van der Waals surface area contributed by atoms with Crippen LogP contribution in [0.15, 0.2) is 58.9 Å². The number of thioether (sulfide) groups is 1. The first kappa shape index (κ1) is 16.5. The monoisotopic (exact) mass is 357 g/mol. The van der Waals surface area contributed by atoms with Crippen molar-refractivity contribution >= 4 is 34.7 Å². The normalized spacial score (nSPS) is 10.4. The predicted octanol–water partition coefficient (Wildman–Crippen LogP) is 4.37. The Morgan fingerprint density at radius 1 is 1.12 bits per heavy atom. The molecule has 1 amide bonds. The van der Waals surface area contributed by atoms with Gasteiger partial charge >= 0.3 is 0 Å². The lowest BCUT2D eigenvalue weighted by Gasteiger charge is -2.11. The second-order valence-corrected chi connectivity index (χ2v) is 7.24. The summed E-state index contributed by atoms with van der Waals surface area (Å²) >= 11 is 2.85. The van der Waals surface area contributed by atoms with Crippen LogP contribution < -0.4 is 10.1 Å². The Morgan fingerprint density at radius 2 is 1.88 bits per heavy atom. The molecular formula is C17H15N3O2S2. The Labute approximate surface area is 148 Å². The molecule has 0 spiro atoms. The van der Waals surface area contributed by atoms with Crippen LogP contribution in [-0.4, -0.2) is 21.9 Å². The van der Waals surface area contributed by atoms with Gasteiger partial charge in [0.15, 0.2) is 10.1 Å². The fraction of sp³-hybridized carbons (Fsp3) is 0.118. The van der Waals surface area contributed by atoms with Crippen molar-refractivity contribution in [2.24, 2.45) is 0 Å². The maximum absolute atomic E-state index is 12.2. The van der Waals surface area contributed by atoms with Crippen LogP contribution in [-0.2, 0) is 4.79 Å². The molecule has 0 saturated heterocycles. The highest BCUT2D eigenvalue weighted by atomic mass is 32.2. The number of anilines is 1. The van der Waals surface area contributed by atoms with Gasteiger partial charge in [0.1, 0.15) is 10.8 Å². The summed E-state index contributed by atoms with van der Waals surface area (Å²) in [6.07, 6.45) is 0. The first-order valence-corrected chi connectivity index (χ1v) is 9.05. The highest BCUT2D eigenvalue weighted by Gasteiger charge is 2.10. The number of rotatable bonds is 6. The third-order valence-corrected chi connectivity index (χ3v) is 4.94. The number of para-hydroxylation sites is 3. The number of nitrogens with one attached hydrogen (secondary N) is 1. The number of aryl methyl sites for hydroxylation is 1. The summed E-state index contributed by atoms with van der Waals surface area (Å²) in [5.74, 6) is 1.48. The average Bonchev–Trinajstić information content (AvgIpc) is 3.01. The topological polar surface area (TPSA) is 64.1 Å². The zero-order chi connectivity index (χ0) is 16.8. The number of ether oxygens (including phenoxy) is 1. The highest BCUT2D eigenvalue weighted by molar-refractivity contribution is 8.01. The van der Waals surface area contributed by atoms with Gasteiger partial charge in [-0.15, -0.1) is 10.2 Å². The van der Waals surface area contributed by atoms with Crippen LogP contribution >= 0.6 is 23.1 Å². The van der Waals surface area contributed by atoms with Crippen molar-refractivity contribution in [3.8, 4) is 11.5 Å². The third-order valence-electron chi connectivity index (χ3n) is 2.97. The van der Waals surface area contributed by atoms with E-state index < -0.39 is 0 Å². The molecule has 0 aliphatic carbocycles. The van der Waals surface area contributed by atoms with Crippen LogP contribution in [0, 0.1) is 6.92 Å². The first-order valence-electron chi connectivity index (χ1n) is 7.25. The van der Waals surface area contributed by atoms with Gasteiger partial charge in [-0.2, -0.15) is 0 Å². The van der Waals surface area contributed by atoms with E-state index in [0.29, 0.717) is 11.4 Å². The Hall–Kier alpha value is -2.38. The van der Waals surface area contributed by atoms with Crippen molar-refractivity contribution in [3.63, 3.8) is 0 Å². The minimum atomic E-state index is -0.114. The molecule has 0 unspecified atom stereocenters. The van der Waals surface area contributed by atoms with Crippen molar-refractivity contribution in [3.05, 3.63) is 59.6 Å². The number of nitrogens with zero attached hydrogens (tertiary/aromatic N) is 2. The SMILES string of the molecule is Cc1nnc(SCC(=O)Nc2ccccc2Oc2ccccc2)s1. The molecule has 7 heteroatoms. The standard InChI is InChI=1S/C17H15N3O2S2/c1-12-19-20-17(24-12)23-11-16(21)18-14-9-5-6-10-15(14)22-13-7-3-2-4-8-13/h2-10H,11H2,1H3,(H,18,21). The second-order valence-electron chi connectivity index (χ2n) is 4.84. The molecule has 0 aliphatic heterocycles. The Bertz CT molecular complexity index is 821. The second kappa shape index (κ2) is 7.94. The van der Waals surface area contributed by atoms with E-state index in [1.54, 1.807) is 0 Å². The van der Waals surface area contributed by atoms with Crippen LogP contribution in [0.1, 0.15) is 5.01 Å². The maximum Gasteiger partial charge on any atom is 0.234 e. The number of benzene rings is 2. The zero-order valence-corrected chi connectivity index (χ0v) is 14.6. The van der Waals surface area contributed by atoms with Crippen molar-refractivity contribution in [1.29, 1.82) is 0 Å². The van der Waals surface area contributed by atoms with Gasteiger partial charge in [0.25, 0.3) is 0 Å². The lowest BCUT2D eigenvalue weighted by Crippen LogP contribution is -2.14. The van der Waals surface area contributed by atoms with Gasteiger partial charge in [0, 0.05) is 0 Å².